The van der Waals surface area contributed by atoms with Crippen molar-refractivity contribution >= 4 is 55.3 Å². The van der Waals surface area contributed by atoms with E-state index in [1.54, 1.807) is 0 Å². The Morgan fingerprint density at radius 1 is 0.364 bits per heavy atom. The maximum atomic E-state index is 7.61. The molecule has 308 valence electrons. The number of nitrogens with zero attached hydrogens (tertiary/aromatic N) is 5. The first kappa shape index (κ1) is 38.6. The van der Waals surface area contributed by atoms with Gasteiger partial charge in [-0.2, -0.15) is 0 Å². The van der Waals surface area contributed by atoms with Crippen LogP contribution in [0.4, 0.5) is 22.7 Å². The molecule has 0 bridgehead atoms. The van der Waals surface area contributed by atoms with E-state index in [2.05, 4.69) is 194 Å². The molecule has 5 nitrogen and oxygen atoms in total. The molecule has 0 fully saturated rings. The van der Waals surface area contributed by atoms with E-state index in [0.717, 1.165) is 83.9 Å². The summed E-state index contributed by atoms with van der Waals surface area (Å²) in [7, 11) is 0. The Balaban J connectivity index is 1.04. The van der Waals surface area contributed by atoms with Crippen LogP contribution in [0.15, 0.2) is 237 Å². The van der Waals surface area contributed by atoms with Gasteiger partial charge in [0, 0.05) is 69.4 Å². The number of rotatable bonds is 9. The van der Waals surface area contributed by atoms with Gasteiger partial charge in [-0.15, -0.1) is 0 Å². The highest BCUT2D eigenvalue weighted by atomic mass is 15.1. The molecule has 12 aromatic rings. The minimum Gasteiger partial charge on any atom is -0.311 e. The number of hydrogen-bond acceptors (Lipinski definition) is 3. The molecule has 3 aromatic heterocycles. The minimum absolute atomic E-state index is 0.608. The molecule has 0 unspecified atom stereocenters. The summed E-state index contributed by atoms with van der Waals surface area (Å²) < 4.78 is 2.45. The lowest BCUT2D eigenvalue weighted by Gasteiger charge is -2.26. The Morgan fingerprint density at radius 3 is 1.29 bits per heavy atom. The molecule has 9 aromatic carbocycles. The summed E-state index contributed by atoms with van der Waals surface area (Å²) in [4.78, 5) is 14.7. The maximum Gasteiger partial charge on any atom is 0.187 e. The van der Waals surface area contributed by atoms with Gasteiger partial charge in [0.05, 0.1) is 17.6 Å². The van der Waals surface area contributed by atoms with Gasteiger partial charge >= 0.3 is 0 Å². The standard InChI is InChI=1S/C61H39N5/c1-62-53-21-25-55(26-22-53)65(54-23-19-42(20-24-54)41-9-3-2-4-10-41)56-27-29-57(30-28-56)66-58-37-51(45-13-5-11-43(33-45)49-15-7-31-63-39-49)35-47-17-18-48-36-52(38-59(66)61(48)60(47)58)46-14-6-12-44(34-46)50-16-8-32-64-40-50/h2-40H. The van der Waals surface area contributed by atoms with E-state index >= 15 is 0 Å². The van der Waals surface area contributed by atoms with E-state index < -0.39 is 0 Å². The number of hydrogen-bond donors (Lipinski definition) is 0. The predicted molar refractivity (Wildman–Crippen MR) is 273 cm³/mol. The smallest absolute Gasteiger partial charge is 0.187 e. The fourth-order valence-corrected chi connectivity index (χ4v) is 9.51. The first-order chi connectivity index (χ1) is 32.6. The quantitative estimate of drug-likeness (QED) is 0.107. The van der Waals surface area contributed by atoms with Crippen molar-refractivity contribution in [1.82, 2.24) is 14.5 Å². The summed E-state index contributed by atoms with van der Waals surface area (Å²) in [6, 6.07) is 75.5. The fourth-order valence-electron chi connectivity index (χ4n) is 9.51. The molecule has 5 heteroatoms. The monoisotopic (exact) mass is 841 g/mol. The van der Waals surface area contributed by atoms with Crippen molar-refractivity contribution in [3.05, 3.63) is 249 Å². The van der Waals surface area contributed by atoms with Crippen molar-refractivity contribution in [2.24, 2.45) is 0 Å². The van der Waals surface area contributed by atoms with Crippen LogP contribution >= 0.6 is 0 Å². The van der Waals surface area contributed by atoms with Crippen LogP contribution in [0.3, 0.4) is 0 Å². The third-order valence-corrected chi connectivity index (χ3v) is 12.7. The van der Waals surface area contributed by atoms with Gasteiger partial charge in [0.1, 0.15) is 0 Å². The van der Waals surface area contributed by atoms with E-state index in [-0.39, 0.29) is 0 Å². The molecule has 0 saturated heterocycles. The van der Waals surface area contributed by atoms with Gasteiger partial charge in [-0.3, -0.25) is 9.97 Å². The molecule has 0 aliphatic carbocycles. The second-order valence-electron chi connectivity index (χ2n) is 16.6. The van der Waals surface area contributed by atoms with Crippen molar-refractivity contribution in [3.8, 4) is 61.3 Å². The number of benzene rings is 9. The van der Waals surface area contributed by atoms with Gasteiger partial charge in [-0.05, 0) is 152 Å². The number of aromatic nitrogens is 3. The lowest BCUT2D eigenvalue weighted by Crippen LogP contribution is -2.10. The van der Waals surface area contributed by atoms with E-state index in [1.165, 1.54) is 27.1 Å². The first-order valence-electron chi connectivity index (χ1n) is 22.0. The Morgan fingerprint density at radius 2 is 0.803 bits per heavy atom. The van der Waals surface area contributed by atoms with Crippen molar-refractivity contribution < 1.29 is 0 Å². The van der Waals surface area contributed by atoms with Gasteiger partial charge in [-0.1, -0.05) is 115 Å². The first-order valence-corrected chi connectivity index (χ1v) is 22.0. The van der Waals surface area contributed by atoms with Crippen LogP contribution in [0.5, 0.6) is 0 Å². The number of anilines is 3. The highest BCUT2D eigenvalue weighted by Crippen LogP contribution is 2.45. The van der Waals surface area contributed by atoms with Gasteiger partial charge in [0.2, 0.25) is 0 Å². The average Bonchev–Trinajstić information content (AvgIpc) is 3.74. The SMILES string of the molecule is [C-]#[N+]c1ccc(N(c2ccc(-c3ccccc3)cc2)c2ccc(-n3c4cc(-c5cccc(-c6cccnc6)c5)cc5ccc6cc(-c7cccc(-c8cccnc8)c7)cc3c6c54)cc2)cc1. The van der Waals surface area contributed by atoms with Crippen molar-refractivity contribution in [2.75, 3.05) is 4.90 Å². The second kappa shape index (κ2) is 16.2. The third kappa shape index (κ3) is 6.91. The summed E-state index contributed by atoms with van der Waals surface area (Å²) in [5.74, 6) is 0. The van der Waals surface area contributed by atoms with Gasteiger partial charge in [0.25, 0.3) is 0 Å². The van der Waals surface area contributed by atoms with E-state index in [9.17, 15) is 0 Å². The van der Waals surface area contributed by atoms with Crippen LogP contribution in [0.1, 0.15) is 0 Å². The Bertz CT molecular complexity index is 3570. The highest BCUT2D eigenvalue weighted by Gasteiger charge is 2.21. The van der Waals surface area contributed by atoms with Crippen LogP contribution in [0.2, 0.25) is 0 Å². The molecular weight excluding hydrogens is 803 g/mol. The van der Waals surface area contributed by atoms with Crippen LogP contribution in [0.25, 0.3) is 98.7 Å². The van der Waals surface area contributed by atoms with Crippen molar-refractivity contribution in [1.29, 1.82) is 0 Å². The van der Waals surface area contributed by atoms with Gasteiger partial charge < -0.3 is 9.47 Å². The largest absolute Gasteiger partial charge is 0.311 e. The highest BCUT2D eigenvalue weighted by molar-refractivity contribution is 6.25. The van der Waals surface area contributed by atoms with Crippen LogP contribution in [0, 0.1) is 6.57 Å². The fraction of sp³-hybridized carbons (Fsp3) is 0. The molecule has 0 aliphatic rings. The maximum absolute atomic E-state index is 7.61. The molecule has 0 amide bonds. The third-order valence-electron chi connectivity index (χ3n) is 12.7. The summed E-state index contributed by atoms with van der Waals surface area (Å²) in [6.07, 6.45) is 7.47. The van der Waals surface area contributed by atoms with Crippen LogP contribution < -0.4 is 4.90 Å². The molecule has 0 atom stereocenters. The average molecular weight is 842 g/mol. The molecule has 12 rings (SSSR count). The minimum atomic E-state index is 0.608. The normalized spacial score (nSPS) is 11.3. The van der Waals surface area contributed by atoms with E-state index in [4.69, 9.17) is 6.57 Å². The second-order valence-corrected chi connectivity index (χ2v) is 16.6. The molecule has 0 saturated carbocycles. The predicted octanol–water partition coefficient (Wildman–Crippen LogP) is 16.5. The van der Waals surface area contributed by atoms with E-state index in [1.807, 2.05) is 67.3 Å². The summed E-state index contributed by atoms with van der Waals surface area (Å²) in [5.41, 5.74) is 18.3. The summed E-state index contributed by atoms with van der Waals surface area (Å²) in [5, 5.41) is 4.88. The molecule has 0 aliphatic heterocycles. The van der Waals surface area contributed by atoms with Crippen molar-refractivity contribution in [2.45, 2.75) is 0 Å². The molecule has 0 N–H and O–H groups in total. The lowest BCUT2D eigenvalue weighted by atomic mass is 9.94. The molecular formula is C61H39N5. The Kier molecular flexibility index (Phi) is 9.48. The Labute approximate surface area is 382 Å². The summed E-state index contributed by atoms with van der Waals surface area (Å²) in [6.45, 7) is 7.61. The van der Waals surface area contributed by atoms with Gasteiger partial charge in [-0.25, -0.2) is 4.85 Å². The van der Waals surface area contributed by atoms with E-state index in [0.29, 0.717) is 5.69 Å². The zero-order chi connectivity index (χ0) is 44.0. The van der Waals surface area contributed by atoms with Crippen molar-refractivity contribution in [3.63, 3.8) is 0 Å². The van der Waals surface area contributed by atoms with Crippen LogP contribution in [-0.2, 0) is 0 Å². The zero-order valence-electron chi connectivity index (χ0n) is 35.8. The molecule has 3 heterocycles. The van der Waals surface area contributed by atoms with Gasteiger partial charge in [0.15, 0.2) is 5.69 Å². The Hall–Kier alpha value is -9.11. The topological polar surface area (TPSA) is 38.3 Å². The lowest BCUT2D eigenvalue weighted by molar-refractivity contribution is 1.17. The molecule has 0 radical (unpaired) electrons. The zero-order valence-corrected chi connectivity index (χ0v) is 35.8. The molecule has 0 spiro atoms. The van der Waals surface area contributed by atoms with Crippen LogP contribution in [-0.4, -0.2) is 14.5 Å². The number of pyridine rings is 2. The summed E-state index contributed by atoms with van der Waals surface area (Å²) >= 11 is 0. The molecule has 66 heavy (non-hydrogen) atoms.